The lowest BCUT2D eigenvalue weighted by Crippen LogP contribution is -2.53. The van der Waals surface area contributed by atoms with Crippen LogP contribution in [0.3, 0.4) is 0 Å². The second-order valence-corrected chi connectivity index (χ2v) is 10.0. The maximum atomic E-state index is 13.0. The largest absolute Gasteiger partial charge is 0.482 e. The number of carboxylic acid groups (broad SMARTS) is 1. The third kappa shape index (κ3) is 11.1. The molecule has 0 aliphatic rings. The van der Waals surface area contributed by atoms with Crippen molar-refractivity contribution >= 4 is 35.5 Å². The molecule has 0 spiro atoms. The van der Waals surface area contributed by atoms with Crippen LogP contribution < -0.4 is 20.7 Å². The van der Waals surface area contributed by atoms with Gasteiger partial charge >= 0.3 is 12.1 Å². The molecule has 0 heterocycles. The van der Waals surface area contributed by atoms with Crippen LogP contribution in [-0.4, -0.2) is 53.3 Å². The molecular formula is C27H34ClN3O7. The fraction of sp³-hybridized carbons (Fsp3) is 0.407. The maximum absolute atomic E-state index is 13.0. The SMILES string of the molecule is C[C@H](NC(=O)[C@@H](CCc1ccccc1)NC(=O)OC(C)(C)C)C(=O)NCc1cc(Cl)ccc1OCC(=O)O. The molecule has 0 aliphatic carbocycles. The monoisotopic (exact) mass is 547 g/mol. The fourth-order valence-corrected chi connectivity index (χ4v) is 3.55. The number of rotatable bonds is 12. The smallest absolute Gasteiger partial charge is 0.408 e. The van der Waals surface area contributed by atoms with Crippen LogP contribution in [-0.2, 0) is 32.1 Å². The summed E-state index contributed by atoms with van der Waals surface area (Å²) in [5.74, 6) is -1.92. The third-order valence-electron chi connectivity index (χ3n) is 5.15. The highest BCUT2D eigenvalue weighted by molar-refractivity contribution is 6.30. The molecule has 3 amide bonds. The number of ether oxygens (including phenoxy) is 2. The Labute approximate surface area is 227 Å². The van der Waals surface area contributed by atoms with E-state index in [-0.39, 0.29) is 18.7 Å². The van der Waals surface area contributed by atoms with Crippen LogP contribution in [0.1, 0.15) is 45.2 Å². The van der Waals surface area contributed by atoms with Crippen LogP contribution in [0.15, 0.2) is 48.5 Å². The summed E-state index contributed by atoms with van der Waals surface area (Å²) in [6.45, 7) is 6.10. The third-order valence-corrected chi connectivity index (χ3v) is 5.39. The number of halogens is 1. The van der Waals surface area contributed by atoms with E-state index >= 15 is 0 Å². The number of amides is 3. The van der Waals surface area contributed by atoms with Gasteiger partial charge in [-0.15, -0.1) is 0 Å². The molecular weight excluding hydrogens is 514 g/mol. The minimum atomic E-state index is -1.15. The number of hydrogen-bond donors (Lipinski definition) is 4. The van der Waals surface area contributed by atoms with Crippen LogP contribution in [0.2, 0.25) is 5.02 Å². The highest BCUT2D eigenvalue weighted by Crippen LogP contribution is 2.23. The number of alkyl carbamates (subject to hydrolysis) is 1. The van der Waals surface area contributed by atoms with Gasteiger partial charge in [0.25, 0.3) is 0 Å². The summed E-state index contributed by atoms with van der Waals surface area (Å²) in [5, 5.41) is 17.1. The van der Waals surface area contributed by atoms with Crippen LogP contribution in [0.4, 0.5) is 4.79 Å². The second kappa shape index (κ2) is 14.2. The molecule has 0 saturated carbocycles. The van der Waals surface area contributed by atoms with Crippen molar-refractivity contribution in [2.75, 3.05) is 6.61 Å². The van der Waals surface area contributed by atoms with Crippen molar-refractivity contribution in [2.24, 2.45) is 0 Å². The van der Waals surface area contributed by atoms with E-state index in [1.165, 1.54) is 13.0 Å². The van der Waals surface area contributed by atoms with E-state index in [2.05, 4.69) is 16.0 Å². The van der Waals surface area contributed by atoms with Crippen molar-refractivity contribution in [1.82, 2.24) is 16.0 Å². The number of carbonyl (C=O) groups excluding carboxylic acids is 3. The quantitative estimate of drug-likeness (QED) is 0.318. The van der Waals surface area contributed by atoms with Crippen LogP contribution in [0, 0.1) is 0 Å². The topological polar surface area (TPSA) is 143 Å². The van der Waals surface area contributed by atoms with Crippen molar-refractivity contribution in [3.8, 4) is 5.75 Å². The van der Waals surface area contributed by atoms with E-state index in [0.29, 0.717) is 17.0 Å². The van der Waals surface area contributed by atoms with Gasteiger partial charge in [0.05, 0.1) is 0 Å². The molecule has 38 heavy (non-hydrogen) atoms. The van der Waals surface area contributed by atoms with E-state index in [4.69, 9.17) is 26.2 Å². The molecule has 0 aliphatic heterocycles. The zero-order valence-corrected chi connectivity index (χ0v) is 22.6. The van der Waals surface area contributed by atoms with Crippen LogP contribution in [0.25, 0.3) is 0 Å². The molecule has 0 aromatic heterocycles. The lowest BCUT2D eigenvalue weighted by molar-refractivity contribution is -0.139. The lowest BCUT2D eigenvalue weighted by atomic mass is 10.0. The fourth-order valence-electron chi connectivity index (χ4n) is 3.36. The molecule has 0 fully saturated rings. The van der Waals surface area contributed by atoms with Crippen molar-refractivity contribution < 1.29 is 33.8 Å². The van der Waals surface area contributed by atoms with Crippen molar-refractivity contribution in [3.05, 3.63) is 64.7 Å². The average molecular weight is 548 g/mol. The van der Waals surface area contributed by atoms with Gasteiger partial charge in [-0.3, -0.25) is 9.59 Å². The number of benzene rings is 2. The first-order valence-electron chi connectivity index (χ1n) is 12.1. The normalized spacial score (nSPS) is 12.6. The first kappa shape index (κ1) is 30.4. The van der Waals surface area contributed by atoms with Crippen LogP contribution in [0.5, 0.6) is 5.75 Å². The van der Waals surface area contributed by atoms with Gasteiger partial charge in [-0.2, -0.15) is 0 Å². The molecule has 0 saturated heterocycles. The molecule has 2 aromatic carbocycles. The van der Waals surface area contributed by atoms with Crippen molar-refractivity contribution in [2.45, 2.75) is 64.8 Å². The Bertz CT molecular complexity index is 1120. The minimum absolute atomic E-state index is 0.0118. The zero-order valence-electron chi connectivity index (χ0n) is 21.9. The zero-order chi connectivity index (χ0) is 28.3. The summed E-state index contributed by atoms with van der Waals surface area (Å²) in [5.41, 5.74) is 0.716. The average Bonchev–Trinajstić information content (AvgIpc) is 2.83. The highest BCUT2D eigenvalue weighted by atomic mass is 35.5. The van der Waals surface area contributed by atoms with Gasteiger partial charge in [-0.1, -0.05) is 41.9 Å². The first-order chi connectivity index (χ1) is 17.8. The second-order valence-electron chi connectivity index (χ2n) is 9.61. The van der Waals surface area contributed by atoms with Gasteiger partial charge in [0.15, 0.2) is 6.61 Å². The Morgan fingerprint density at radius 3 is 2.32 bits per heavy atom. The number of aryl methyl sites for hydroxylation is 1. The van der Waals surface area contributed by atoms with Gasteiger partial charge in [0.2, 0.25) is 11.8 Å². The Kier molecular flexibility index (Phi) is 11.4. The van der Waals surface area contributed by atoms with E-state index in [0.717, 1.165) is 5.56 Å². The van der Waals surface area contributed by atoms with E-state index in [1.54, 1.807) is 32.9 Å². The first-order valence-corrected chi connectivity index (χ1v) is 12.5. The number of aliphatic carboxylic acids is 1. The molecule has 10 nitrogen and oxygen atoms in total. The van der Waals surface area contributed by atoms with Gasteiger partial charge in [0, 0.05) is 17.1 Å². The number of carboxylic acids is 1. The predicted molar refractivity (Wildman–Crippen MR) is 142 cm³/mol. The van der Waals surface area contributed by atoms with Gasteiger partial charge in [-0.25, -0.2) is 9.59 Å². The Morgan fingerprint density at radius 2 is 1.68 bits per heavy atom. The summed E-state index contributed by atoms with van der Waals surface area (Å²) >= 11 is 6.03. The predicted octanol–water partition coefficient (Wildman–Crippen LogP) is 3.45. The van der Waals surface area contributed by atoms with Gasteiger partial charge in [-0.05, 0) is 64.3 Å². The summed E-state index contributed by atoms with van der Waals surface area (Å²) in [7, 11) is 0. The van der Waals surface area contributed by atoms with Gasteiger partial charge in [0.1, 0.15) is 23.4 Å². The van der Waals surface area contributed by atoms with Crippen molar-refractivity contribution in [1.29, 1.82) is 0 Å². The standard InChI is InChI=1S/C27H34ClN3O7/c1-17(24(34)29-15-19-14-20(28)11-13-22(19)37-16-23(32)33)30-25(35)21(31-26(36)38-27(2,3)4)12-10-18-8-6-5-7-9-18/h5-9,11,13-14,17,21H,10,12,15-16H2,1-4H3,(H,29,34)(H,30,35)(H,31,36)(H,32,33)/t17-,21+/m0/s1. The minimum Gasteiger partial charge on any atom is -0.482 e. The number of nitrogens with one attached hydrogen (secondary N) is 3. The molecule has 2 rings (SSSR count). The number of carbonyl (C=O) groups is 4. The molecule has 0 unspecified atom stereocenters. The Hall–Kier alpha value is -3.79. The molecule has 2 atom stereocenters. The van der Waals surface area contributed by atoms with Gasteiger partial charge < -0.3 is 30.5 Å². The maximum Gasteiger partial charge on any atom is 0.408 e. The molecule has 206 valence electrons. The summed E-state index contributed by atoms with van der Waals surface area (Å²) in [4.78, 5) is 49.0. The lowest BCUT2D eigenvalue weighted by Gasteiger charge is -2.24. The van der Waals surface area contributed by atoms with E-state index < -0.39 is 48.2 Å². The van der Waals surface area contributed by atoms with Crippen molar-refractivity contribution in [3.63, 3.8) is 0 Å². The number of hydrogen-bond acceptors (Lipinski definition) is 6. The van der Waals surface area contributed by atoms with E-state index in [1.807, 2.05) is 30.3 Å². The highest BCUT2D eigenvalue weighted by Gasteiger charge is 2.26. The molecule has 0 bridgehead atoms. The molecule has 11 heteroatoms. The summed E-state index contributed by atoms with van der Waals surface area (Å²) < 4.78 is 10.5. The molecule has 2 aromatic rings. The van der Waals surface area contributed by atoms with E-state index in [9.17, 15) is 19.2 Å². The molecule has 0 radical (unpaired) electrons. The van der Waals surface area contributed by atoms with Crippen LogP contribution >= 0.6 is 11.6 Å². The molecule has 4 N–H and O–H groups in total. The summed E-state index contributed by atoms with van der Waals surface area (Å²) in [6, 6.07) is 12.2. The Balaban J connectivity index is 2.02. The Morgan fingerprint density at radius 1 is 1.00 bits per heavy atom. The summed E-state index contributed by atoms with van der Waals surface area (Å²) in [6.07, 6.45) is 0.0667.